The molecule has 21 heteroatoms. The largest absolute Gasteiger partial charge is 0.415 e. The van der Waals surface area contributed by atoms with E-state index in [1.165, 1.54) is 29.2 Å². The average molecular weight is 1150 g/mol. The second-order valence-corrected chi connectivity index (χ2v) is 21.3. The third-order valence-corrected chi connectivity index (χ3v) is 16.1. The first-order chi connectivity index (χ1) is 39.9. The van der Waals surface area contributed by atoms with Gasteiger partial charge >= 0.3 is 12.2 Å². The van der Waals surface area contributed by atoms with E-state index in [0.29, 0.717) is 111 Å². The van der Waals surface area contributed by atoms with Crippen LogP contribution in [0.15, 0.2) is 103 Å². The van der Waals surface area contributed by atoms with E-state index < -0.39 is 18.1 Å². The van der Waals surface area contributed by atoms with Crippen LogP contribution in [0.25, 0.3) is 33.7 Å². The fraction of sp³-hybridized carbons (Fsp3) is 0.344. The van der Waals surface area contributed by atoms with Crippen molar-refractivity contribution >= 4 is 122 Å². The van der Waals surface area contributed by atoms with E-state index >= 15 is 0 Å². The molecule has 2 atom stereocenters. The molecule has 4 N–H and O–H groups in total. The molecular formula is C61H63Cl2N9O10. The number of halogens is 2. The normalized spacial score (nSPS) is 17.8. The van der Waals surface area contributed by atoms with Gasteiger partial charge in [-0.25, -0.2) is 9.59 Å². The zero-order valence-electron chi connectivity index (χ0n) is 45.1. The lowest BCUT2D eigenvalue weighted by atomic mass is 9.95. The molecule has 0 aliphatic carbocycles. The molecule has 82 heavy (non-hydrogen) atoms. The number of benzene rings is 5. The number of hydrogen-bond acceptors (Lipinski definition) is 12. The summed E-state index contributed by atoms with van der Waals surface area (Å²) < 4.78 is 12.1. The highest BCUT2D eigenvalue weighted by molar-refractivity contribution is 6.20. The second kappa shape index (κ2) is 26.2. The Morgan fingerprint density at radius 1 is 0.598 bits per heavy atom. The zero-order chi connectivity index (χ0) is 57.3. The predicted molar refractivity (Wildman–Crippen MR) is 316 cm³/mol. The number of piperazine rings is 2. The van der Waals surface area contributed by atoms with Crippen molar-refractivity contribution in [2.24, 2.45) is 0 Å². The molecule has 0 saturated carbocycles. The lowest BCUT2D eigenvalue weighted by Gasteiger charge is -2.27. The number of alkyl halides is 2. The highest BCUT2D eigenvalue weighted by atomic mass is 35.5. The number of imide groups is 1. The van der Waals surface area contributed by atoms with Gasteiger partial charge in [-0.15, -0.1) is 23.2 Å². The van der Waals surface area contributed by atoms with Crippen molar-refractivity contribution in [3.8, 4) is 11.5 Å². The van der Waals surface area contributed by atoms with Crippen LogP contribution in [-0.2, 0) is 28.8 Å². The maximum absolute atomic E-state index is 14.4. The highest BCUT2D eigenvalue weighted by Gasteiger charge is 2.37. The van der Waals surface area contributed by atoms with Crippen LogP contribution in [-0.4, -0.2) is 153 Å². The summed E-state index contributed by atoms with van der Waals surface area (Å²) in [5.74, 6) is -1.44. The molecule has 10 rings (SSSR count). The molecule has 2 saturated heterocycles. The van der Waals surface area contributed by atoms with E-state index in [-0.39, 0.29) is 92.2 Å². The molecule has 5 aliphatic rings. The van der Waals surface area contributed by atoms with Gasteiger partial charge in [0.2, 0.25) is 11.8 Å². The third kappa shape index (κ3) is 12.8. The van der Waals surface area contributed by atoms with Crippen LogP contribution in [0.1, 0.15) is 66.2 Å². The van der Waals surface area contributed by atoms with Crippen LogP contribution in [0.5, 0.6) is 11.5 Å². The third-order valence-electron chi connectivity index (χ3n) is 15.3. The fourth-order valence-corrected chi connectivity index (χ4v) is 11.6. The summed E-state index contributed by atoms with van der Waals surface area (Å²) in [6, 6.07) is 23.8. The minimum atomic E-state index is -0.483. The number of anilines is 3. The van der Waals surface area contributed by atoms with E-state index in [4.69, 9.17) is 32.7 Å². The lowest BCUT2D eigenvalue weighted by Crippen LogP contribution is -2.47. The fourth-order valence-electron chi connectivity index (χ4n) is 11.1. The van der Waals surface area contributed by atoms with Crippen molar-refractivity contribution in [1.29, 1.82) is 0 Å². The molecule has 0 aromatic heterocycles. The molecule has 0 radical (unpaired) electrons. The van der Waals surface area contributed by atoms with Gasteiger partial charge in [-0.2, -0.15) is 0 Å². The molecule has 0 bridgehead atoms. The number of fused-ring (bicyclic) bond motifs is 6. The van der Waals surface area contributed by atoms with Gasteiger partial charge in [-0.3, -0.25) is 33.7 Å². The van der Waals surface area contributed by atoms with Crippen molar-refractivity contribution in [3.63, 3.8) is 0 Å². The summed E-state index contributed by atoms with van der Waals surface area (Å²) in [7, 11) is 0. The molecule has 2 fully saturated rings. The molecule has 426 valence electrons. The van der Waals surface area contributed by atoms with Gasteiger partial charge in [0.05, 0.1) is 11.4 Å². The number of carbonyl (C=O) groups excluding carboxylic acids is 8. The summed E-state index contributed by atoms with van der Waals surface area (Å²) in [6.45, 7) is 5.46. The molecule has 5 aliphatic heterocycles. The van der Waals surface area contributed by atoms with Gasteiger partial charge in [0.15, 0.2) is 0 Å². The molecule has 19 nitrogen and oxygen atoms in total. The summed E-state index contributed by atoms with van der Waals surface area (Å²) in [4.78, 5) is 113. The Morgan fingerprint density at radius 3 is 1.63 bits per heavy atom. The number of amides is 8. The van der Waals surface area contributed by atoms with E-state index in [1.807, 2.05) is 48.5 Å². The first-order valence-corrected chi connectivity index (χ1v) is 28.8. The Bertz CT molecular complexity index is 3410. The molecule has 5 aromatic rings. The Labute approximate surface area is 484 Å². The summed E-state index contributed by atoms with van der Waals surface area (Å²) in [5, 5.41) is 15.3. The first kappa shape index (κ1) is 57.1. The number of hydrogen-bond donors (Lipinski definition) is 4. The Balaban J connectivity index is 0.877. The monoisotopic (exact) mass is 1150 g/mol. The van der Waals surface area contributed by atoms with Crippen LogP contribution < -0.4 is 40.5 Å². The molecule has 5 heterocycles. The van der Waals surface area contributed by atoms with E-state index in [0.717, 1.165) is 32.7 Å². The van der Waals surface area contributed by atoms with Gasteiger partial charge < -0.3 is 50.3 Å². The topological polar surface area (TPSA) is 219 Å². The van der Waals surface area contributed by atoms with Crippen molar-refractivity contribution in [3.05, 3.63) is 125 Å². The minimum absolute atomic E-state index is 0.0364. The first-order valence-electron chi connectivity index (χ1n) is 27.7. The standard InChI is InChI=1S/C61H63Cl2N9O10/c62-35-41-37-71(48-33-50(43-8-3-5-10-45(43)58(41)48)81-60(79)68-28-23-64-24-29-68)56(77)17-14-39-13-15-40(47(32-39)67-53(74)21-22-66-52(73)12-2-1-7-27-70-54(75)19-20-55(70)76)16-18-57(78)72-38-42(36-63)59-46-11-6-4-9-44(46)51(34-49(59)72)82-61(80)69-30-25-65-26-31-69/h3-6,8-11,13-20,32-34,41-42,64-65H,1-2,7,12,21-31,35-38H2,(H,66,73)(H,67,74)/b17-14+,18-16+/t41-,42-/m1/s1. The summed E-state index contributed by atoms with van der Waals surface area (Å²) >= 11 is 13.2. The van der Waals surface area contributed by atoms with E-state index in [1.54, 1.807) is 62.1 Å². The molecule has 0 unspecified atom stereocenters. The van der Waals surface area contributed by atoms with Crippen LogP contribution in [0.2, 0.25) is 0 Å². The highest BCUT2D eigenvalue weighted by Crippen LogP contribution is 2.47. The van der Waals surface area contributed by atoms with Gasteiger partial charge in [0, 0.05) is 168 Å². The van der Waals surface area contributed by atoms with Crippen LogP contribution in [0.4, 0.5) is 26.7 Å². The maximum Gasteiger partial charge on any atom is 0.415 e. The minimum Gasteiger partial charge on any atom is -0.409 e. The SMILES string of the molecule is O=C(CCCCCN1C(=O)C=CC1=O)NCCC(=O)Nc1cc(/C=C/C(=O)N2C[C@@H](CCl)c3c2cc(OC(=O)N2CCNCC2)c2ccccc32)ccc1/C=C/C(=O)N1C[C@@H](CCl)c2c1cc(OC(=O)N1CCNCC1)c1ccccc21. The second-order valence-electron chi connectivity index (χ2n) is 20.6. The Hall–Kier alpha value is -8.10. The number of unbranched alkanes of at least 4 members (excludes halogenated alkanes) is 2. The van der Waals surface area contributed by atoms with E-state index in [2.05, 4.69) is 21.3 Å². The number of nitrogens with zero attached hydrogens (tertiary/aromatic N) is 5. The van der Waals surface area contributed by atoms with Crippen LogP contribution >= 0.6 is 23.2 Å². The Kier molecular flexibility index (Phi) is 18.3. The van der Waals surface area contributed by atoms with Crippen LogP contribution in [0, 0.1) is 0 Å². The molecule has 0 spiro atoms. The van der Waals surface area contributed by atoms with Crippen molar-refractivity contribution in [1.82, 2.24) is 30.7 Å². The van der Waals surface area contributed by atoms with Crippen molar-refractivity contribution in [2.45, 2.75) is 43.9 Å². The summed E-state index contributed by atoms with van der Waals surface area (Å²) in [6.07, 6.45) is 9.38. The molecule has 5 aromatic carbocycles. The molecule has 8 amide bonds. The van der Waals surface area contributed by atoms with E-state index in [9.17, 15) is 38.4 Å². The van der Waals surface area contributed by atoms with Crippen molar-refractivity contribution in [2.75, 3.05) is 105 Å². The van der Waals surface area contributed by atoms with Gasteiger partial charge in [-0.1, -0.05) is 67.1 Å². The quantitative estimate of drug-likeness (QED) is 0.0290. The van der Waals surface area contributed by atoms with Gasteiger partial charge in [0.1, 0.15) is 11.5 Å². The lowest BCUT2D eigenvalue weighted by molar-refractivity contribution is -0.137. The predicted octanol–water partition coefficient (Wildman–Crippen LogP) is 7.50. The smallest absolute Gasteiger partial charge is 0.409 e. The molecular weight excluding hydrogens is 1090 g/mol. The zero-order valence-corrected chi connectivity index (χ0v) is 46.6. The summed E-state index contributed by atoms with van der Waals surface area (Å²) in [5.41, 5.74) is 4.22. The van der Waals surface area contributed by atoms with Crippen LogP contribution in [0.3, 0.4) is 0 Å². The number of carbonyl (C=O) groups is 8. The number of rotatable bonds is 18. The average Bonchev–Trinajstić information content (AvgIpc) is 3.31. The van der Waals surface area contributed by atoms with Crippen molar-refractivity contribution < 1.29 is 47.8 Å². The van der Waals surface area contributed by atoms with Gasteiger partial charge in [-0.05, 0) is 64.1 Å². The van der Waals surface area contributed by atoms with Gasteiger partial charge in [0.25, 0.3) is 23.6 Å². The Morgan fingerprint density at radius 2 is 1.11 bits per heavy atom. The maximum atomic E-state index is 14.4. The number of ether oxygens (including phenoxy) is 2. The number of nitrogens with one attached hydrogen (secondary N) is 4.